The van der Waals surface area contributed by atoms with Crippen LogP contribution in [0.2, 0.25) is 0 Å². The Bertz CT molecular complexity index is 238. The average Bonchev–Trinajstić information content (AvgIpc) is 2.06. The molecule has 0 aromatic heterocycles. The number of aromatic hydroxyl groups is 1. The van der Waals surface area contributed by atoms with Crippen LogP contribution in [0.3, 0.4) is 0 Å². The van der Waals surface area contributed by atoms with E-state index in [1.807, 2.05) is 11.4 Å². The molecule has 0 unspecified atom stereocenters. The van der Waals surface area contributed by atoms with Crippen LogP contribution in [0.15, 0.2) is 30.3 Å². The molecule has 5 nitrogen and oxygen atoms in total. The molecule has 0 saturated carbocycles. The lowest BCUT2D eigenvalue weighted by atomic mass is 10.3. The molecular formula is C8H12N2O3. The third-order valence-electron chi connectivity index (χ3n) is 1.01. The number of para-hydroxylation sites is 1. The molecule has 0 heterocycles. The third-order valence-corrected chi connectivity index (χ3v) is 1.01. The molecule has 2 amide bonds. The van der Waals surface area contributed by atoms with E-state index in [9.17, 15) is 4.79 Å². The molecule has 0 aliphatic carbocycles. The predicted octanol–water partition coefficient (Wildman–Crippen LogP) is -0.00330. The van der Waals surface area contributed by atoms with Gasteiger partial charge >= 0.3 is 6.03 Å². The van der Waals surface area contributed by atoms with Crippen molar-refractivity contribution in [3.8, 4) is 5.75 Å². The number of urea groups is 1. The molecule has 0 spiro atoms. The lowest BCUT2D eigenvalue weighted by Gasteiger charge is -1.88. The largest absolute Gasteiger partial charge is 0.508 e. The van der Waals surface area contributed by atoms with Gasteiger partial charge in [0.25, 0.3) is 0 Å². The topological polar surface area (TPSA) is 95.6 Å². The number of phenols is 1. The van der Waals surface area contributed by atoms with Gasteiger partial charge in [-0.2, -0.15) is 0 Å². The number of benzene rings is 1. The van der Waals surface area contributed by atoms with Gasteiger partial charge in [0.1, 0.15) is 12.5 Å². The fraction of sp³-hybridized carbons (Fsp3) is 0.125. The summed E-state index contributed by atoms with van der Waals surface area (Å²) in [7, 11) is 0. The smallest absolute Gasteiger partial charge is 0.313 e. The average molecular weight is 184 g/mol. The highest BCUT2D eigenvalue weighted by Gasteiger charge is 1.80. The van der Waals surface area contributed by atoms with Crippen molar-refractivity contribution < 1.29 is 15.0 Å². The molecule has 1 aromatic rings. The molecule has 0 saturated heterocycles. The number of hydrogen-bond acceptors (Lipinski definition) is 3. The van der Waals surface area contributed by atoms with Crippen molar-refractivity contribution in [3.05, 3.63) is 30.3 Å². The summed E-state index contributed by atoms with van der Waals surface area (Å²) in [5.41, 5.74) is 4.49. The molecule has 0 fully saturated rings. The van der Waals surface area contributed by atoms with Gasteiger partial charge in [0.05, 0.1) is 0 Å². The fourth-order valence-electron chi connectivity index (χ4n) is 0.506. The van der Waals surface area contributed by atoms with Gasteiger partial charge in [0.15, 0.2) is 0 Å². The Hall–Kier alpha value is -1.75. The Balaban J connectivity index is 0.000000226. The van der Waals surface area contributed by atoms with Crippen LogP contribution in [0.1, 0.15) is 0 Å². The van der Waals surface area contributed by atoms with E-state index in [0.717, 1.165) is 0 Å². The summed E-state index contributed by atoms with van der Waals surface area (Å²) >= 11 is 0. The minimum Gasteiger partial charge on any atom is -0.508 e. The second kappa shape index (κ2) is 6.93. The molecule has 5 N–H and O–H groups in total. The first-order chi connectivity index (χ1) is 6.16. The maximum absolute atomic E-state index is 9.55. The number of carbonyl (C=O) groups is 1. The zero-order chi connectivity index (χ0) is 10.1. The van der Waals surface area contributed by atoms with Crippen molar-refractivity contribution in [2.24, 2.45) is 5.73 Å². The van der Waals surface area contributed by atoms with Crippen molar-refractivity contribution in [1.29, 1.82) is 0 Å². The van der Waals surface area contributed by atoms with Crippen molar-refractivity contribution in [3.63, 3.8) is 0 Å². The fourth-order valence-corrected chi connectivity index (χ4v) is 0.506. The number of amides is 2. The van der Waals surface area contributed by atoms with E-state index >= 15 is 0 Å². The van der Waals surface area contributed by atoms with Crippen molar-refractivity contribution in [1.82, 2.24) is 5.32 Å². The third kappa shape index (κ3) is 8.15. The molecule has 0 aliphatic heterocycles. The molecule has 1 aromatic carbocycles. The van der Waals surface area contributed by atoms with Gasteiger partial charge in [0.2, 0.25) is 0 Å². The summed E-state index contributed by atoms with van der Waals surface area (Å²) in [6, 6.07) is 8.00. The van der Waals surface area contributed by atoms with E-state index in [4.69, 9.17) is 10.2 Å². The number of aliphatic hydroxyl groups is 1. The number of aliphatic hydroxyl groups excluding tert-OH is 1. The number of phenolic OH excluding ortho intramolecular Hbond substituents is 1. The van der Waals surface area contributed by atoms with Crippen molar-refractivity contribution in [2.75, 3.05) is 6.73 Å². The molecule has 0 aliphatic rings. The summed E-state index contributed by atoms with van der Waals surface area (Å²) in [6.45, 7) is -0.394. The minimum atomic E-state index is -0.711. The zero-order valence-corrected chi connectivity index (χ0v) is 6.97. The first-order valence-electron chi connectivity index (χ1n) is 3.55. The van der Waals surface area contributed by atoms with Crippen LogP contribution in [-0.2, 0) is 0 Å². The zero-order valence-electron chi connectivity index (χ0n) is 6.97. The highest BCUT2D eigenvalue weighted by atomic mass is 16.3. The SMILES string of the molecule is NC(=O)NCO.Oc1ccccc1. The summed E-state index contributed by atoms with van der Waals surface area (Å²) in [5, 5.41) is 18.4. The van der Waals surface area contributed by atoms with Crippen LogP contribution in [0.4, 0.5) is 4.79 Å². The molecule has 0 atom stereocenters. The summed E-state index contributed by atoms with van der Waals surface area (Å²) < 4.78 is 0. The second-order valence-electron chi connectivity index (χ2n) is 2.03. The van der Waals surface area contributed by atoms with Gasteiger partial charge in [-0.05, 0) is 12.1 Å². The first kappa shape index (κ1) is 11.2. The van der Waals surface area contributed by atoms with E-state index in [2.05, 4.69) is 5.73 Å². The predicted molar refractivity (Wildman–Crippen MR) is 47.9 cm³/mol. The van der Waals surface area contributed by atoms with Crippen LogP contribution < -0.4 is 11.1 Å². The number of hydrogen-bond donors (Lipinski definition) is 4. The van der Waals surface area contributed by atoms with Crippen molar-refractivity contribution in [2.45, 2.75) is 0 Å². The van der Waals surface area contributed by atoms with Crippen LogP contribution >= 0.6 is 0 Å². The Morgan fingerprint density at radius 3 is 2.08 bits per heavy atom. The number of nitrogens with one attached hydrogen (secondary N) is 1. The Kier molecular flexibility index (Phi) is 6.00. The van der Waals surface area contributed by atoms with Crippen LogP contribution in [-0.4, -0.2) is 23.0 Å². The summed E-state index contributed by atoms with van der Waals surface area (Å²) in [6.07, 6.45) is 0. The quantitative estimate of drug-likeness (QED) is 0.462. The molecular weight excluding hydrogens is 172 g/mol. The van der Waals surface area contributed by atoms with Crippen LogP contribution in [0, 0.1) is 0 Å². The Morgan fingerprint density at radius 1 is 1.38 bits per heavy atom. The van der Waals surface area contributed by atoms with E-state index in [-0.39, 0.29) is 0 Å². The van der Waals surface area contributed by atoms with Gasteiger partial charge in [-0.25, -0.2) is 4.79 Å². The van der Waals surface area contributed by atoms with Gasteiger partial charge in [-0.3, -0.25) is 0 Å². The first-order valence-corrected chi connectivity index (χ1v) is 3.55. The minimum absolute atomic E-state index is 0.322. The maximum Gasteiger partial charge on any atom is 0.313 e. The molecule has 5 heteroatoms. The number of nitrogens with two attached hydrogens (primary N) is 1. The van der Waals surface area contributed by atoms with Gasteiger partial charge in [0, 0.05) is 0 Å². The van der Waals surface area contributed by atoms with E-state index in [1.165, 1.54) is 0 Å². The van der Waals surface area contributed by atoms with Gasteiger partial charge in [-0.15, -0.1) is 0 Å². The van der Waals surface area contributed by atoms with Crippen molar-refractivity contribution >= 4 is 6.03 Å². The van der Waals surface area contributed by atoms with Gasteiger partial charge < -0.3 is 21.3 Å². The Morgan fingerprint density at radius 2 is 1.92 bits per heavy atom. The molecule has 0 radical (unpaired) electrons. The second-order valence-corrected chi connectivity index (χ2v) is 2.03. The molecule has 1 rings (SSSR count). The summed E-state index contributed by atoms with van der Waals surface area (Å²) in [4.78, 5) is 9.55. The van der Waals surface area contributed by atoms with E-state index in [0.29, 0.717) is 5.75 Å². The van der Waals surface area contributed by atoms with Crippen LogP contribution in [0.5, 0.6) is 5.75 Å². The highest BCUT2D eigenvalue weighted by molar-refractivity contribution is 5.71. The molecule has 13 heavy (non-hydrogen) atoms. The Labute approximate surface area is 75.8 Å². The van der Waals surface area contributed by atoms with Crippen LogP contribution in [0.25, 0.3) is 0 Å². The molecule has 72 valence electrons. The van der Waals surface area contributed by atoms with Gasteiger partial charge in [-0.1, -0.05) is 18.2 Å². The molecule has 0 bridgehead atoms. The standard InChI is InChI=1S/C6H6O.C2H6N2O2/c7-6-4-2-1-3-5-6;3-2(6)4-1-5/h1-5,7H;5H,1H2,(H3,3,4,6). The highest BCUT2D eigenvalue weighted by Crippen LogP contribution is 2.02. The number of rotatable bonds is 1. The van der Waals surface area contributed by atoms with E-state index < -0.39 is 12.8 Å². The van der Waals surface area contributed by atoms with E-state index in [1.54, 1.807) is 24.3 Å². The lowest BCUT2D eigenvalue weighted by Crippen LogP contribution is -2.29. The summed E-state index contributed by atoms with van der Waals surface area (Å²) in [5.74, 6) is 0.322. The lowest BCUT2D eigenvalue weighted by molar-refractivity contribution is 0.225. The maximum atomic E-state index is 9.55. The number of carbonyl (C=O) groups excluding carboxylic acids is 1. The monoisotopic (exact) mass is 184 g/mol. The number of primary amides is 1. The normalized spacial score (nSPS) is 8.08.